The summed E-state index contributed by atoms with van der Waals surface area (Å²) >= 11 is 1.92. The third-order valence-corrected chi connectivity index (χ3v) is 2.80. The van der Waals surface area contributed by atoms with Crippen molar-refractivity contribution in [1.82, 2.24) is 0 Å². The average Bonchev–Trinajstić information content (AvgIpc) is 1.80. The molecular weight excluding hydrogens is 166 g/mol. The van der Waals surface area contributed by atoms with E-state index in [2.05, 4.69) is 27.4 Å². The largest absolute Gasteiger partial charge is 0.327 e. The van der Waals surface area contributed by atoms with Crippen LogP contribution < -0.4 is 5.73 Å². The molecule has 0 rings (SSSR count). The van der Waals surface area contributed by atoms with Crippen LogP contribution in [0.3, 0.4) is 0 Å². The van der Waals surface area contributed by atoms with E-state index in [0.717, 1.165) is 12.2 Å². The molecule has 0 saturated carbocycles. The summed E-state index contributed by atoms with van der Waals surface area (Å²) in [4.78, 5) is 0. The molecule has 0 aromatic carbocycles. The molecule has 12 heavy (non-hydrogen) atoms. The van der Waals surface area contributed by atoms with Gasteiger partial charge in [0.05, 0.1) is 0 Å². The van der Waals surface area contributed by atoms with Gasteiger partial charge in [-0.2, -0.15) is 11.8 Å². The first-order valence-electron chi connectivity index (χ1n) is 4.35. The quantitative estimate of drug-likeness (QED) is 0.685. The molecular formula is C10H21NS. The highest BCUT2D eigenvalue weighted by Gasteiger charge is 2.12. The zero-order valence-corrected chi connectivity index (χ0v) is 9.50. The van der Waals surface area contributed by atoms with E-state index in [1.807, 2.05) is 18.7 Å². The van der Waals surface area contributed by atoms with Crippen molar-refractivity contribution in [2.45, 2.75) is 44.9 Å². The first kappa shape index (κ1) is 12.0. The van der Waals surface area contributed by atoms with Gasteiger partial charge in [-0.1, -0.05) is 26.3 Å². The van der Waals surface area contributed by atoms with Crippen molar-refractivity contribution in [2.75, 3.05) is 5.75 Å². The molecule has 1 nitrogen and oxygen atoms in total. The maximum absolute atomic E-state index is 5.90. The molecule has 0 bridgehead atoms. The van der Waals surface area contributed by atoms with Crippen LogP contribution in [0.15, 0.2) is 12.2 Å². The molecule has 1 atom stereocenters. The normalized spacial score (nSPS) is 14.4. The third kappa shape index (κ3) is 8.15. The minimum Gasteiger partial charge on any atom is -0.327 e. The lowest BCUT2D eigenvalue weighted by atomic mass is 10.1. The zero-order valence-electron chi connectivity index (χ0n) is 8.68. The van der Waals surface area contributed by atoms with Crippen molar-refractivity contribution in [1.29, 1.82) is 0 Å². The van der Waals surface area contributed by atoms with E-state index in [4.69, 9.17) is 5.73 Å². The van der Waals surface area contributed by atoms with Crippen LogP contribution in [0.1, 0.15) is 34.1 Å². The smallest absolute Gasteiger partial charge is 0.0167 e. The number of nitrogens with two attached hydrogens (primary N) is 1. The second-order valence-electron chi connectivity index (χ2n) is 4.34. The fourth-order valence-electron chi connectivity index (χ4n) is 0.864. The number of thioether (sulfide) groups is 1. The van der Waals surface area contributed by atoms with Crippen LogP contribution >= 0.6 is 11.8 Å². The van der Waals surface area contributed by atoms with Gasteiger partial charge in [0, 0.05) is 16.5 Å². The van der Waals surface area contributed by atoms with Crippen LogP contribution in [0.4, 0.5) is 0 Å². The molecule has 0 aromatic rings. The minimum absolute atomic E-state index is 0.270. The Bertz CT molecular complexity index is 146. The van der Waals surface area contributed by atoms with Gasteiger partial charge < -0.3 is 5.73 Å². The van der Waals surface area contributed by atoms with E-state index in [-0.39, 0.29) is 6.04 Å². The Morgan fingerprint density at radius 2 is 2.00 bits per heavy atom. The van der Waals surface area contributed by atoms with Crippen molar-refractivity contribution < 1.29 is 0 Å². The van der Waals surface area contributed by atoms with E-state index in [1.165, 1.54) is 5.57 Å². The van der Waals surface area contributed by atoms with Gasteiger partial charge >= 0.3 is 0 Å². The monoisotopic (exact) mass is 187 g/mol. The summed E-state index contributed by atoms with van der Waals surface area (Å²) in [6.45, 7) is 12.5. The Labute approximate surface area is 80.8 Å². The lowest BCUT2D eigenvalue weighted by Gasteiger charge is -2.20. The third-order valence-electron chi connectivity index (χ3n) is 1.34. The van der Waals surface area contributed by atoms with Crippen molar-refractivity contribution >= 4 is 11.8 Å². The van der Waals surface area contributed by atoms with E-state index < -0.39 is 0 Å². The van der Waals surface area contributed by atoms with Gasteiger partial charge in [0.15, 0.2) is 0 Å². The fourth-order valence-corrected chi connectivity index (χ4v) is 1.70. The maximum Gasteiger partial charge on any atom is 0.0167 e. The SMILES string of the molecule is C=C(C)CC(N)CSC(C)(C)C. The molecule has 1 unspecified atom stereocenters. The summed E-state index contributed by atoms with van der Waals surface area (Å²) in [5, 5.41) is 0. The lowest BCUT2D eigenvalue weighted by molar-refractivity contribution is 0.730. The van der Waals surface area contributed by atoms with Gasteiger partial charge in [-0.05, 0) is 13.3 Å². The summed E-state index contributed by atoms with van der Waals surface area (Å²) in [6.07, 6.45) is 0.948. The van der Waals surface area contributed by atoms with Gasteiger partial charge in [0.1, 0.15) is 0 Å². The van der Waals surface area contributed by atoms with E-state index in [1.54, 1.807) is 0 Å². The van der Waals surface area contributed by atoms with Crippen molar-refractivity contribution in [3.05, 3.63) is 12.2 Å². The van der Waals surface area contributed by atoms with Crippen LogP contribution in [-0.2, 0) is 0 Å². The molecule has 0 aliphatic carbocycles. The van der Waals surface area contributed by atoms with Crippen LogP contribution in [0.2, 0.25) is 0 Å². The highest BCUT2D eigenvalue weighted by atomic mass is 32.2. The molecule has 72 valence electrons. The predicted octanol–water partition coefficient (Wildman–Crippen LogP) is 2.81. The Hall–Kier alpha value is 0.0500. The lowest BCUT2D eigenvalue weighted by Crippen LogP contribution is -2.25. The minimum atomic E-state index is 0.270. The Morgan fingerprint density at radius 3 is 2.33 bits per heavy atom. The standard InChI is InChI=1S/C10H21NS/c1-8(2)6-9(11)7-12-10(3,4)5/h9H,1,6-7,11H2,2-5H3. The molecule has 0 amide bonds. The molecule has 0 aromatic heterocycles. The highest BCUT2D eigenvalue weighted by molar-refractivity contribution is 8.00. The summed E-state index contributed by atoms with van der Waals surface area (Å²) in [7, 11) is 0. The maximum atomic E-state index is 5.90. The molecule has 0 fully saturated rings. The second kappa shape index (κ2) is 4.93. The Kier molecular flexibility index (Phi) is 4.95. The topological polar surface area (TPSA) is 26.0 Å². The van der Waals surface area contributed by atoms with Gasteiger partial charge in [-0.15, -0.1) is 6.58 Å². The predicted molar refractivity (Wildman–Crippen MR) is 59.6 cm³/mol. The molecule has 0 saturated heterocycles. The number of hydrogen-bond donors (Lipinski definition) is 1. The summed E-state index contributed by atoms with van der Waals surface area (Å²) in [5.74, 6) is 1.02. The van der Waals surface area contributed by atoms with Gasteiger partial charge in [0.25, 0.3) is 0 Å². The van der Waals surface area contributed by atoms with Crippen LogP contribution in [0, 0.1) is 0 Å². The van der Waals surface area contributed by atoms with Gasteiger partial charge in [-0.25, -0.2) is 0 Å². The van der Waals surface area contributed by atoms with Crippen molar-refractivity contribution in [2.24, 2.45) is 5.73 Å². The molecule has 0 aliphatic heterocycles. The van der Waals surface area contributed by atoms with Crippen LogP contribution in [-0.4, -0.2) is 16.5 Å². The second-order valence-corrected chi connectivity index (χ2v) is 6.19. The fraction of sp³-hybridized carbons (Fsp3) is 0.800. The zero-order chi connectivity index (χ0) is 9.78. The summed E-state index contributed by atoms with van der Waals surface area (Å²) in [6, 6.07) is 0.270. The van der Waals surface area contributed by atoms with Crippen LogP contribution in [0.5, 0.6) is 0 Å². The first-order chi connectivity index (χ1) is 5.31. The molecule has 2 heteroatoms. The van der Waals surface area contributed by atoms with Gasteiger partial charge in [0.2, 0.25) is 0 Å². The van der Waals surface area contributed by atoms with Crippen LogP contribution in [0.25, 0.3) is 0 Å². The van der Waals surface area contributed by atoms with E-state index >= 15 is 0 Å². The van der Waals surface area contributed by atoms with Crippen molar-refractivity contribution in [3.63, 3.8) is 0 Å². The van der Waals surface area contributed by atoms with Crippen molar-refractivity contribution in [3.8, 4) is 0 Å². The average molecular weight is 187 g/mol. The summed E-state index contributed by atoms with van der Waals surface area (Å²) in [5.41, 5.74) is 7.08. The Morgan fingerprint density at radius 1 is 1.50 bits per heavy atom. The van der Waals surface area contributed by atoms with Gasteiger partial charge in [-0.3, -0.25) is 0 Å². The molecule has 0 heterocycles. The van der Waals surface area contributed by atoms with E-state index in [9.17, 15) is 0 Å². The highest BCUT2D eigenvalue weighted by Crippen LogP contribution is 2.24. The first-order valence-corrected chi connectivity index (χ1v) is 5.34. The number of rotatable bonds is 4. The molecule has 0 radical (unpaired) electrons. The summed E-state index contributed by atoms with van der Waals surface area (Å²) < 4.78 is 0.326. The Balaban J connectivity index is 3.57. The molecule has 0 aliphatic rings. The molecule has 2 N–H and O–H groups in total. The van der Waals surface area contributed by atoms with E-state index in [0.29, 0.717) is 4.75 Å². The molecule has 0 spiro atoms. The number of hydrogen-bond acceptors (Lipinski definition) is 2.